The molecule has 3 aromatic rings. The fraction of sp³-hybridized carbons (Fsp3) is 0.367. The molecule has 2 atom stereocenters. The molecule has 0 spiro atoms. The first-order valence-electron chi connectivity index (χ1n) is 13.7. The van der Waals surface area contributed by atoms with E-state index in [1.54, 1.807) is 18.3 Å². The summed E-state index contributed by atoms with van der Waals surface area (Å²) in [6, 6.07) is 18.0. The Morgan fingerprint density at radius 2 is 1.68 bits per heavy atom. The van der Waals surface area contributed by atoms with Crippen molar-refractivity contribution < 1.29 is 24.5 Å². The van der Waals surface area contributed by atoms with Crippen LogP contribution in [0.25, 0.3) is 11.3 Å². The number of phenols is 1. The van der Waals surface area contributed by atoms with Crippen LogP contribution in [0.5, 0.6) is 11.5 Å². The Balaban J connectivity index is 1.14. The highest BCUT2D eigenvalue weighted by Crippen LogP contribution is 2.40. The zero-order valence-electron chi connectivity index (χ0n) is 22.1. The first-order valence-corrected chi connectivity index (χ1v) is 13.7. The predicted molar refractivity (Wildman–Crippen MR) is 152 cm³/mol. The summed E-state index contributed by atoms with van der Waals surface area (Å²) in [5.41, 5.74) is 10.5. The smallest absolute Gasteiger partial charge is 0.394 e. The Kier molecular flexibility index (Phi) is 6.83. The zero-order chi connectivity index (χ0) is 27.8. The summed E-state index contributed by atoms with van der Waals surface area (Å²) in [5, 5.41) is 19.3. The summed E-state index contributed by atoms with van der Waals surface area (Å²) in [6.07, 6.45) is 4.98. The van der Waals surface area contributed by atoms with Crippen molar-refractivity contribution in [3.63, 3.8) is 0 Å². The second-order valence-electron chi connectivity index (χ2n) is 10.8. The number of aromatic hydroxyl groups is 1. The van der Waals surface area contributed by atoms with Crippen molar-refractivity contribution in [2.75, 3.05) is 41.7 Å². The van der Waals surface area contributed by atoms with Crippen molar-refractivity contribution in [2.45, 2.75) is 43.9 Å². The third-order valence-electron chi connectivity index (χ3n) is 8.25. The lowest BCUT2D eigenvalue weighted by Crippen LogP contribution is -2.54. The highest BCUT2D eigenvalue weighted by molar-refractivity contribution is 6.31. The van der Waals surface area contributed by atoms with Crippen LogP contribution in [0.3, 0.4) is 0 Å². The number of carbonyl (C=O) groups is 2. The van der Waals surface area contributed by atoms with Crippen molar-refractivity contribution in [3.05, 3.63) is 60.8 Å². The van der Waals surface area contributed by atoms with Gasteiger partial charge in [0.15, 0.2) is 0 Å². The fourth-order valence-corrected chi connectivity index (χ4v) is 6.31. The lowest BCUT2D eigenvalue weighted by Gasteiger charge is -2.44. The summed E-state index contributed by atoms with van der Waals surface area (Å²) in [7, 11) is 0. The number of fused-ring (bicyclic) bond motifs is 2. The Labute approximate surface area is 232 Å². The maximum atomic E-state index is 11.7. The monoisotopic (exact) mass is 543 g/mol. The van der Waals surface area contributed by atoms with Gasteiger partial charge in [-0.25, -0.2) is 4.79 Å². The number of carbonyl (C=O) groups excluding carboxylic acids is 1. The van der Waals surface area contributed by atoms with Crippen molar-refractivity contribution in [1.82, 2.24) is 9.88 Å². The largest absolute Gasteiger partial charge is 0.507 e. The maximum absolute atomic E-state index is 11.7. The number of hydrogen-bond acceptors (Lipinski definition) is 8. The quantitative estimate of drug-likeness (QED) is 0.415. The van der Waals surface area contributed by atoms with Crippen LogP contribution in [-0.4, -0.2) is 76.3 Å². The molecule has 3 saturated heterocycles. The molecule has 0 radical (unpaired) electrons. The van der Waals surface area contributed by atoms with E-state index in [-0.39, 0.29) is 11.9 Å². The van der Waals surface area contributed by atoms with Crippen LogP contribution in [0, 0.1) is 0 Å². The van der Waals surface area contributed by atoms with Gasteiger partial charge in [-0.15, -0.1) is 0 Å². The fourth-order valence-electron chi connectivity index (χ4n) is 6.31. The number of phenolic OH excluding ortho intramolecular Hbond substituents is 1. The van der Waals surface area contributed by atoms with Gasteiger partial charge in [0.25, 0.3) is 0 Å². The maximum Gasteiger partial charge on any atom is 0.394 e. The number of nitrogens with two attached hydrogens (primary N) is 1. The molecule has 2 aromatic carbocycles. The summed E-state index contributed by atoms with van der Waals surface area (Å²) >= 11 is 0. The molecule has 3 aliphatic rings. The highest BCUT2D eigenvalue weighted by Gasteiger charge is 2.40. The van der Waals surface area contributed by atoms with Gasteiger partial charge in [-0.2, -0.15) is 0 Å². The number of likely N-dealkylation sites (tertiary alicyclic amines) is 1. The van der Waals surface area contributed by atoms with Gasteiger partial charge < -0.3 is 35.4 Å². The van der Waals surface area contributed by atoms with Crippen LogP contribution in [0.4, 0.5) is 17.1 Å². The van der Waals surface area contributed by atoms with Crippen LogP contribution in [0.15, 0.2) is 60.8 Å². The predicted octanol–water partition coefficient (Wildman–Crippen LogP) is 3.35. The van der Waals surface area contributed by atoms with E-state index < -0.39 is 11.9 Å². The van der Waals surface area contributed by atoms with E-state index in [0.29, 0.717) is 55.0 Å². The summed E-state index contributed by atoms with van der Waals surface area (Å²) in [6.45, 7) is 2.41. The summed E-state index contributed by atoms with van der Waals surface area (Å²) < 4.78 is 6.27. The van der Waals surface area contributed by atoms with Crippen molar-refractivity contribution >= 4 is 28.9 Å². The molecule has 40 heavy (non-hydrogen) atoms. The van der Waals surface area contributed by atoms with Gasteiger partial charge in [0.1, 0.15) is 17.6 Å². The van der Waals surface area contributed by atoms with Crippen LogP contribution < -0.4 is 20.3 Å². The molecule has 0 unspecified atom stereocenters. The zero-order valence-corrected chi connectivity index (χ0v) is 22.1. The van der Waals surface area contributed by atoms with Gasteiger partial charge >= 0.3 is 11.9 Å². The van der Waals surface area contributed by atoms with Crippen molar-refractivity contribution in [3.8, 4) is 22.8 Å². The molecule has 1 amide bonds. The topological polar surface area (TPSA) is 132 Å². The number of rotatable bonds is 5. The lowest BCUT2D eigenvalue weighted by molar-refractivity contribution is -0.156. The van der Waals surface area contributed by atoms with Crippen LogP contribution >= 0.6 is 0 Å². The van der Waals surface area contributed by atoms with E-state index in [0.717, 1.165) is 43.1 Å². The van der Waals surface area contributed by atoms with E-state index >= 15 is 0 Å². The molecule has 0 aliphatic carbocycles. The van der Waals surface area contributed by atoms with E-state index in [4.69, 9.17) is 15.6 Å². The number of amides is 1. The van der Waals surface area contributed by atoms with E-state index in [1.165, 1.54) is 4.90 Å². The van der Waals surface area contributed by atoms with Gasteiger partial charge in [-0.3, -0.25) is 9.78 Å². The van der Waals surface area contributed by atoms with E-state index in [2.05, 4.69) is 26.9 Å². The number of aliphatic carboxylic acids is 1. The molecule has 0 saturated carbocycles. The number of anilines is 3. The Morgan fingerprint density at radius 1 is 0.950 bits per heavy atom. The van der Waals surface area contributed by atoms with Gasteiger partial charge in [0, 0.05) is 68.4 Å². The number of nitrogens with zero attached hydrogens (tertiary/aromatic N) is 4. The third-order valence-corrected chi connectivity index (χ3v) is 8.25. The third kappa shape index (κ3) is 4.97. The molecule has 10 nitrogen and oxygen atoms in total. The Bertz CT molecular complexity index is 1410. The van der Waals surface area contributed by atoms with Crippen LogP contribution in [0.1, 0.15) is 25.7 Å². The Hall–Kier alpha value is -4.47. The van der Waals surface area contributed by atoms with Gasteiger partial charge in [0.2, 0.25) is 0 Å². The van der Waals surface area contributed by atoms with Gasteiger partial charge in [-0.05, 0) is 43.2 Å². The first-order chi connectivity index (χ1) is 19.4. The SMILES string of the molecule is Nc1cnc(-c2ccccc2O)cc1N1C[C@H]2CC[C@@H](C1)N2c1cccc(OC2CCN(C(=O)C(=O)O)CC2)c1. The highest BCUT2D eigenvalue weighted by atomic mass is 16.5. The minimum atomic E-state index is -1.41. The number of piperidine rings is 1. The minimum Gasteiger partial charge on any atom is -0.507 e. The molecule has 10 heteroatoms. The van der Waals surface area contributed by atoms with E-state index in [1.807, 2.05) is 30.3 Å². The number of benzene rings is 2. The molecule has 6 rings (SSSR count). The molecule has 3 aliphatic heterocycles. The van der Waals surface area contributed by atoms with Gasteiger partial charge in [0.05, 0.1) is 23.3 Å². The number of hydrogen-bond donors (Lipinski definition) is 3. The molecule has 2 bridgehead atoms. The molecular weight excluding hydrogens is 510 g/mol. The number of carboxylic acid groups (broad SMARTS) is 1. The minimum absolute atomic E-state index is 0.0606. The number of piperazine rings is 1. The number of carboxylic acids is 1. The van der Waals surface area contributed by atoms with Crippen LogP contribution in [0.2, 0.25) is 0 Å². The Morgan fingerprint density at radius 3 is 2.38 bits per heavy atom. The molecule has 1 aromatic heterocycles. The second kappa shape index (κ2) is 10.6. The van der Waals surface area contributed by atoms with Crippen molar-refractivity contribution in [1.29, 1.82) is 0 Å². The molecule has 208 valence electrons. The molecule has 4 heterocycles. The molecular formula is C30H33N5O5. The van der Waals surface area contributed by atoms with E-state index in [9.17, 15) is 14.7 Å². The summed E-state index contributed by atoms with van der Waals surface area (Å²) in [5.74, 6) is -1.28. The van der Waals surface area contributed by atoms with Crippen molar-refractivity contribution in [2.24, 2.45) is 0 Å². The number of aromatic nitrogens is 1. The standard InChI is InChI=1S/C30H33N5O5/c31-25-16-32-26(24-6-1-2-7-28(24)36)15-27(25)34-17-20-8-9-21(18-34)35(20)19-4-3-5-23(14-19)40-22-10-12-33(13-11-22)29(37)30(38)39/h1-7,14-16,20-22,36H,8-13,17-18,31H2,(H,38,39)/t20-,21+. The number of para-hydroxylation sites is 1. The lowest BCUT2D eigenvalue weighted by atomic mass is 10.1. The van der Waals surface area contributed by atoms with Gasteiger partial charge in [-0.1, -0.05) is 18.2 Å². The second-order valence-corrected chi connectivity index (χ2v) is 10.8. The number of pyridine rings is 1. The normalized spacial score (nSPS) is 20.9. The first kappa shape index (κ1) is 25.8. The average Bonchev–Trinajstić information content (AvgIpc) is 3.23. The van der Waals surface area contributed by atoms with Crippen LogP contribution in [-0.2, 0) is 9.59 Å². The molecule has 3 fully saturated rings. The number of ether oxygens (including phenoxy) is 1. The molecule has 4 N–H and O–H groups in total. The average molecular weight is 544 g/mol. The summed E-state index contributed by atoms with van der Waals surface area (Å²) in [4.78, 5) is 33.4. The number of nitrogen functional groups attached to an aromatic ring is 1.